The van der Waals surface area contributed by atoms with Crippen molar-refractivity contribution in [1.29, 1.82) is 0 Å². The highest BCUT2D eigenvalue weighted by molar-refractivity contribution is 6.36. The fourth-order valence-corrected chi connectivity index (χ4v) is 2.80. The van der Waals surface area contributed by atoms with Gasteiger partial charge in [0.15, 0.2) is 0 Å². The molecule has 2 aliphatic heterocycles. The van der Waals surface area contributed by atoms with Gasteiger partial charge in [-0.15, -0.1) is 0 Å². The third-order valence-electron chi connectivity index (χ3n) is 3.56. The van der Waals surface area contributed by atoms with Gasteiger partial charge in [0.2, 0.25) is 0 Å². The summed E-state index contributed by atoms with van der Waals surface area (Å²) in [7, 11) is 0. The molecule has 2 saturated heterocycles. The lowest BCUT2D eigenvalue weighted by Gasteiger charge is -2.32. The summed E-state index contributed by atoms with van der Waals surface area (Å²) in [6, 6.07) is 2.88. The smallest absolute Gasteiger partial charge is 0.143 e. The van der Waals surface area contributed by atoms with E-state index in [4.69, 9.17) is 27.9 Å². The summed E-state index contributed by atoms with van der Waals surface area (Å²) < 4.78 is 18.9. The molecule has 0 radical (unpaired) electrons. The summed E-state index contributed by atoms with van der Waals surface area (Å²) in [6.07, 6.45) is 1.96. The predicted molar refractivity (Wildman–Crippen MR) is 66.6 cm³/mol. The Morgan fingerprint density at radius 2 is 1.82 bits per heavy atom. The number of nitrogens with zero attached hydrogens (tertiary/aromatic N) is 1. The van der Waals surface area contributed by atoms with Crippen LogP contribution in [0.2, 0.25) is 10.0 Å². The van der Waals surface area contributed by atoms with Crippen LogP contribution >= 0.6 is 23.2 Å². The zero-order valence-electron chi connectivity index (χ0n) is 9.18. The fourth-order valence-electron chi connectivity index (χ4n) is 2.30. The van der Waals surface area contributed by atoms with Gasteiger partial charge in [-0.3, -0.25) is 0 Å². The van der Waals surface area contributed by atoms with Crippen molar-refractivity contribution in [3.8, 4) is 0 Å². The monoisotopic (exact) mass is 275 g/mol. The van der Waals surface area contributed by atoms with Gasteiger partial charge in [-0.05, 0) is 18.9 Å². The number of anilines is 1. The average molecular weight is 276 g/mol. The Morgan fingerprint density at radius 3 is 2.41 bits per heavy atom. The second-order valence-electron chi connectivity index (χ2n) is 4.68. The molecule has 1 aromatic carbocycles. The zero-order chi connectivity index (χ0) is 12.0. The van der Waals surface area contributed by atoms with Gasteiger partial charge in [-0.1, -0.05) is 23.2 Å². The Labute approximate surface area is 109 Å². The molecule has 2 fully saturated rings. The van der Waals surface area contributed by atoms with Crippen LogP contribution in [0.4, 0.5) is 10.1 Å². The lowest BCUT2D eigenvalue weighted by atomic mass is 9.97. The average Bonchev–Trinajstić information content (AvgIpc) is 3.05. The van der Waals surface area contributed by atoms with Gasteiger partial charge < -0.3 is 9.64 Å². The van der Waals surface area contributed by atoms with Crippen LogP contribution in [-0.2, 0) is 4.74 Å². The normalized spacial score (nSPS) is 21.9. The molecule has 0 N–H and O–H groups in total. The van der Waals surface area contributed by atoms with E-state index >= 15 is 0 Å². The largest absolute Gasteiger partial charge is 0.370 e. The first-order valence-corrected chi connectivity index (χ1v) is 6.39. The van der Waals surface area contributed by atoms with Crippen LogP contribution in [0.1, 0.15) is 12.8 Å². The van der Waals surface area contributed by atoms with Crippen molar-refractivity contribution in [2.45, 2.75) is 18.4 Å². The SMILES string of the molecule is Fc1cc(N2CCC3(CC2)CO3)c(Cl)cc1Cl. The molecule has 2 heterocycles. The van der Waals surface area contributed by atoms with E-state index in [0.717, 1.165) is 38.2 Å². The highest BCUT2D eigenvalue weighted by atomic mass is 35.5. The molecule has 0 saturated carbocycles. The fraction of sp³-hybridized carbons (Fsp3) is 0.500. The van der Waals surface area contributed by atoms with Gasteiger partial charge >= 0.3 is 0 Å². The van der Waals surface area contributed by atoms with Crippen molar-refractivity contribution in [3.63, 3.8) is 0 Å². The third-order valence-corrected chi connectivity index (χ3v) is 4.15. The lowest BCUT2D eigenvalue weighted by Crippen LogP contribution is -2.37. The molecular formula is C12H12Cl2FNO. The standard InChI is InChI=1S/C12H12Cl2FNO/c13-8-5-9(14)11(6-10(8)15)16-3-1-12(2-4-16)7-17-12/h5-6H,1-4,7H2. The predicted octanol–water partition coefficient (Wildman–Crippen LogP) is 3.50. The maximum atomic E-state index is 13.4. The minimum atomic E-state index is -0.422. The molecule has 2 aliphatic rings. The maximum Gasteiger partial charge on any atom is 0.143 e. The number of rotatable bonds is 1. The van der Waals surface area contributed by atoms with Crippen molar-refractivity contribution in [2.24, 2.45) is 0 Å². The van der Waals surface area contributed by atoms with E-state index in [1.165, 1.54) is 12.1 Å². The number of hydrogen-bond donors (Lipinski definition) is 0. The first-order valence-electron chi connectivity index (χ1n) is 5.63. The Morgan fingerprint density at radius 1 is 1.18 bits per heavy atom. The molecule has 0 aromatic heterocycles. The van der Waals surface area contributed by atoms with Crippen molar-refractivity contribution < 1.29 is 9.13 Å². The van der Waals surface area contributed by atoms with Gasteiger partial charge in [0, 0.05) is 19.2 Å². The molecule has 92 valence electrons. The number of benzene rings is 1. The highest BCUT2D eigenvalue weighted by Gasteiger charge is 2.46. The van der Waals surface area contributed by atoms with Crippen LogP contribution in [0, 0.1) is 5.82 Å². The number of piperidine rings is 1. The summed E-state index contributed by atoms with van der Waals surface area (Å²) in [4.78, 5) is 2.09. The van der Waals surface area contributed by atoms with E-state index in [1.807, 2.05) is 0 Å². The third kappa shape index (κ3) is 2.12. The highest BCUT2D eigenvalue weighted by Crippen LogP contribution is 2.40. The molecular weight excluding hydrogens is 264 g/mol. The molecule has 0 bridgehead atoms. The molecule has 1 spiro atoms. The Bertz CT molecular complexity index is 452. The molecule has 0 aliphatic carbocycles. The second-order valence-corrected chi connectivity index (χ2v) is 5.49. The van der Waals surface area contributed by atoms with E-state index in [9.17, 15) is 4.39 Å². The van der Waals surface area contributed by atoms with E-state index in [1.54, 1.807) is 0 Å². The summed E-state index contributed by atoms with van der Waals surface area (Å²) >= 11 is 11.8. The van der Waals surface area contributed by atoms with Crippen LogP contribution in [0.15, 0.2) is 12.1 Å². The van der Waals surface area contributed by atoms with Gasteiger partial charge in [-0.25, -0.2) is 4.39 Å². The molecule has 0 unspecified atom stereocenters. The summed E-state index contributed by atoms with van der Waals surface area (Å²) in [5.41, 5.74) is 0.845. The Balaban J connectivity index is 1.82. The summed E-state index contributed by atoms with van der Waals surface area (Å²) in [5.74, 6) is -0.422. The Kier molecular flexibility index (Phi) is 2.73. The van der Waals surface area contributed by atoms with Crippen LogP contribution in [0.5, 0.6) is 0 Å². The molecule has 5 heteroatoms. The van der Waals surface area contributed by atoms with Crippen molar-refractivity contribution in [1.82, 2.24) is 0 Å². The van der Waals surface area contributed by atoms with Gasteiger partial charge in [0.05, 0.1) is 27.9 Å². The number of halogens is 3. The van der Waals surface area contributed by atoms with Crippen LogP contribution in [0.25, 0.3) is 0 Å². The molecule has 17 heavy (non-hydrogen) atoms. The molecule has 1 aromatic rings. The maximum absolute atomic E-state index is 13.4. The van der Waals surface area contributed by atoms with Crippen LogP contribution in [0.3, 0.4) is 0 Å². The van der Waals surface area contributed by atoms with Crippen molar-refractivity contribution in [3.05, 3.63) is 28.0 Å². The lowest BCUT2D eigenvalue weighted by molar-refractivity contribution is 0.258. The number of ether oxygens (including phenoxy) is 1. The van der Waals surface area contributed by atoms with Crippen molar-refractivity contribution in [2.75, 3.05) is 24.6 Å². The van der Waals surface area contributed by atoms with Gasteiger partial charge in [0.25, 0.3) is 0 Å². The summed E-state index contributed by atoms with van der Waals surface area (Å²) in [5, 5.41) is 0.571. The molecule has 0 amide bonds. The summed E-state index contributed by atoms with van der Waals surface area (Å²) in [6.45, 7) is 2.56. The topological polar surface area (TPSA) is 15.8 Å². The molecule has 0 atom stereocenters. The number of epoxide rings is 1. The minimum absolute atomic E-state index is 0.0674. The zero-order valence-corrected chi connectivity index (χ0v) is 10.7. The van der Waals surface area contributed by atoms with E-state index in [0.29, 0.717) is 5.02 Å². The first-order chi connectivity index (χ1) is 8.10. The quantitative estimate of drug-likeness (QED) is 0.576. The van der Waals surface area contributed by atoms with Crippen LogP contribution < -0.4 is 4.90 Å². The minimum Gasteiger partial charge on any atom is -0.370 e. The molecule has 3 rings (SSSR count). The van der Waals surface area contributed by atoms with Crippen LogP contribution in [-0.4, -0.2) is 25.3 Å². The van der Waals surface area contributed by atoms with E-state index < -0.39 is 5.82 Å². The second kappa shape index (κ2) is 4.01. The first kappa shape index (κ1) is 11.6. The van der Waals surface area contributed by atoms with E-state index in [-0.39, 0.29) is 10.6 Å². The number of hydrogen-bond acceptors (Lipinski definition) is 2. The van der Waals surface area contributed by atoms with E-state index in [2.05, 4.69) is 4.90 Å². The van der Waals surface area contributed by atoms with Gasteiger partial charge in [-0.2, -0.15) is 0 Å². The molecule has 2 nitrogen and oxygen atoms in total. The Hall–Kier alpha value is -0.510. The van der Waals surface area contributed by atoms with Crippen molar-refractivity contribution >= 4 is 28.9 Å². The van der Waals surface area contributed by atoms with Gasteiger partial charge in [0.1, 0.15) is 5.82 Å².